The van der Waals surface area contributed by atoms with Crippen LogP contribution >= 0.6 is 23.2 Å². The van der Waals surface area contributed by atoms with E-state index in [1.54, 1.807) is 6.07 Å². The zero-order chi connectivity index (χ0) is 14.8. The summed E-state index contributed by atoms with van der Waals surface area (Å²) >= 11 is 11.8. The second-order valence-electron chi connectivity index (χ2n) is 5.03. The van der Waals surface area contributed by atoms with Crippen LogP contribution in [0.15, 0.2) is 23.1 Å². The third-order valence-electron chi connectivity index (χ3n) is 3.63. The van der Waals surface area contributed by atoms with E-state index in [0.29, 0.717) is 5.02 Å². The number of halogens is 2. The fourth-order valence-electron chi connectivity index (χ4n) is 2.53. The molecule has 2 rings (SSSR count). The summed E-state index contributed by atoms with van der Waals surface area (Å²) in [5, 5.41) is 9.80. The molecule has 1 saturated carbocycles. The van der Waals surface area contributed by atoms with E-state index < -0.39 is 10.0 Å². The van der Waals surface area contributed by atoms with E-state index in [0.717, 1.165) is 25.7 Å². The van der Waals surface area contributed by atoms with Crippen molar-refractivity contribution in [3.05, 3.63) is 28.2 Å². The van der Waals surface area contributed by atoms with E-state index in [2.05, 4.69) is 4.72 Å². The van der Waals surface area contributed by atoms with Gasteiger partial charge in [-0.25, -0.2) is 13.1 Å². The average molecular weight is 338 g/mol. The predicted molar refractivity (Wildman–Crippen MR) is 79.6 cm³/mol. The average Bonchev–Trinajstić information content (AvgIpc) is 2.41. The Morgan fingerprint density at radius 1 is 1.25 bits per heavy atom. The second-order valence-corrected chi connectivity index (χ2v) is 7.56. The molecule has 0 bridgehead atoms. The lowest BCUT2D eigenvalue weighted by molar-refractivity contribution is 0.164. The molecule has 1 aliphatic rings. The van der Waals surface area contributed by atoms with Gasteiger partial charge in [0.05, 0.1) is 5.02 Å². The van der Waals surface area contributed by atoms with Crippen LogP contribution in [0.5, 0.6) is 0 Å². The van der Waals surface area contributed by atoms with Crippen LogP contribution in [0.25, 0.3) is 0 Å². The van der Waals surface area contributed by atoms with Gasteiger partial charge in [0.1, 0.15) is 4.90 Å². The highest BCUT2D eigenvalue weighted by Gasteiger charge is 2.30. The Morgan fingerprint density at radius 3 is 2.65 bits per heavy atom. The van der Waals surface area contributed by atoms with E-state index in [1.807, 2.05) is 0 Å². The highest BCUT2D eigenvalue weighted by Crippen LogP contribution is 2.28. The minimum atomic E-state index is -3.73. The molecule has 0 spiro atoms. The van der Waals surface area contributed by atoms with Gasteiger partial charge in [-0.3, -0.25) is 0 Å². The molecule has 0 heterocycles. The monoisotopic (exact) mass is 337 g/mol. The Morgan fingerprint density at radius 2 is 1.95 bits per heavy atom. The summed E-state index contributed by atoms with van der Waals surface area (Å²) in [6.45, 7) is -0.0174. The summed E-state index contributed by atoms with van der Waals surface area (Å²) in [5.74, 6) is -0.0449. The molecule has 2 N–H and O–H groups in total. The molecule has 1 aromatic carbocycles. The molecule has 0 aliphatic heterocycles. The number of aliphatic hydroxyl groups is 1. The van der Waals surface area contributed by atoms with Crippen LogP contribution in [0.1, 0.15) is 25.7 Å². The van der Waals surface area contributed by atoms with Crippen LogP contribution in [0.3, 0.4) is 0 Å². The van der Waals surface area contributed by atoms with Crippen molar-refractivity contribution in [2.75, 3.05) is 6.61 Å². The first-order valence-corrected chi connectivity index (χ1v) is 8.76. The molecular formula is C13H17Cl2NO3S. The lowest BCUT2D eigenvalue weighted by Gasteiger charge is -2.30. The maximum Gasteiger partial charge on any atom is 0.242 e. The Kier molecular flexibility index (Phi) is 5.31. The minimum Gasteiger partial charge on any atom is -0.396 e. The topological polar surface area (TPSA) is 66.4 Å². The molecule has 1 fully saturated rings. The van der Waals surface area contributed by atoms with Crippen LogP contribution in [0, 0.1) is 5.92 Å². The first-order valence-electron chi connectivity index (χ1n) is 6.52. The Labute approximate surface area is 129 Å². The summed E-state index contributed by atoms with van der Waals surface area (Å²) in [6.07, 6.45) is 3.52. The predicted octanol–water partition coefficient (Wildman–Crippen LogP) is 2.82. The molecule has 1 aliphatic carbocycles. The molecule has 0 saturated heterocycles. The molecule has 1 aromatic rings. The van der Waals surface area contributed by atoms with Crippen molar-refractivity contribution in [3.63, 3.8) is 0 Å². The first-order chi connectivity index (χ1) is 9.44. The number of rotatable bonds is 4. The fraction of sp³-hybridized carbons (Fsp3) is 0.538. The molecule has 0 aromatic heterocycles. The summed E-state index contributed by atoms with van der Waals surface area (Å²) in [7, 11) is -3.73. The molecule has 2 atom stereocenters. The van der Waals surface area contributed by atoms with Gasteiger partial charge in [-0.15, -0.1) is 0 Å². The van der Waals surface area contributed by atoms with Crippen LogP contribution in [-0.4, -0.2) is 26.2 Å². The highest BCUT2D eigenvalue weighted by molar-refractivity contribution is 7.89. The minimum absolute atomic E-state index is 0.0174. The van der Waals surface area contributed by atoms with Crippen LogP contribution < -0.4 is 4.72 Å². The van der Waals surface area contributed by atoms with Gasteiger partial charge in [-0.1, -0.05) is 36.0 Å². The van der Waals surface area contributed by atoms with Gasteiger partial charge >= 0.3 is 0 Å². The van der Waals surface area contributed by atoms with E-state index in [9.17, 15) is 13.5 Å². The molecule has 20 heavy (non-hydrogen) atoms. The van der Waals surface area contributed by atoms with Crippen LogP contribution in [-0.2, 0) is 10.0 Å². The smallest absolute Gasteiger partial charge is 0.242 e. The SMILES string of the molecule is O=S(=O)(NC1CCCCC1CO)c1cc(Cl)ccc1Cl. The van der Waals surface area contributed by atoms with Crippen molar-refractivity contribution < 1.29 is 13.5 Å². The highest BCUT2D eigenvalue weighted by atomic mass is 35.5. The quantitative estimate of drug-likeness (QED) is 0.887. The van der Waals surface area contributed by atoms with Gasteiger partial charge < -0.3 is 5.11 Å². The third kappa shape index (κ3) is 3.65. The number of hydrogen-bond acceptors (Lipinski definition) is 3. The summed E-state index contributed by atoms with van der Waals surface area (Å²) in [5.41, 5.74) is 0. The molecular weight excluding hydrogens is 321 g/mol. The van der Waals surface area contributed by atoms with Crippen LogP contribution in [0.2, 0.25) is 10.0 Å². The van der Waals surface area contributed by atoms with Gasteiger partial charge in [0, 0.05) is 17.7 Å². The maximum absolute atomic E-state index is 12.4. The van der Waals surface area contributed by atoms with Gasteiger partial charge in [-0.2, -0.15) is 0 Å². The van der Waals surface area contributed by atoms with Gasteiger partial charge in [0.25, 0.3) is 0 Å². The molecule has 2 unspecified atom stereocenters. The number of hydrogen-bond donors (Lipinski definition) is 2. The Hall–Kier alpha value is -0.330. The van der Waals surface area contributed by atoms with Crippen molar-refractivity contribution in [2.45, 2.75) is 36.6 Å². The normalized spacial score (nSPS) is 23.8. The summed E-state index contributed by atoms with van der Waals surface area (Å²) in [4.78, 5) is -0.0195. The van der Waals surface area contributed by atoms with Crippen LogP contribution in [0.4, 0.5) is 0 Å². The van der Waals surface area contributed by atoms with E-state index in [4.69, 9.17) is 23.2 Å². The van der Waals surface area contributed by atoms with Crippen molar-refractivity contribution in [3.8, 4) is 0 Å². The molecule has 7 heteroatoms. The third-order valence-corrected chi connectivity index (χ3v) is 5.84. The van der Waals surface area contributed by atoms with Crippen molar-refractivity contribution in [2.24, 2.45) is 5.92 Å². The van der Waals surface area contributed by atoms with E-state index in [-0.39, 0.29) is 28.5 Å². The number of benzene rings is 1. The Bertz CT molecular complexity index is 577. The zero-order valence-electron chi connectivity index (χ0n) is 10.9. The molecule has 112 valence electrons. The fourth-order valence-corrected chi connectivity index (χ4v) is 4.63. The van der Waals surface area contributed by atoms with Crippen molar-refractivity contribution in [1.82, 2.24) is 4.72 Å². The number of aliphatic hydroxyl groups excluding tert-OH is 1. The lowest BCUT2D eigenvalue weighted by atomic mass is 9.86. The first kappa shape index (κ1) is 16.0. The lowest BCUT2D eigenvalue weighted by Crippen LogP contribution is -2.43. The number of sulfonamides is 1. The molecule has 4 nitrogen and oxygen atoms in total. The zero-order valence-corrected chi connectivity index (χ0v) is 13.2. The Balaban J connectivity index is 2.24. The van der Waals surface area contributed by atoms with Gasteiger partial charge in [0.15, 0.2) is 0 Å². The summed E-state index contributed by atoms with van der Waals surface area (Å²) < 4.78 is 27.4. The van der Waals surface area contributed by atoms with E-state index in [1.165, 1.54) is 12.1 Å². The maximum atomic E-state index is 12.4. The van der Waals surface area contributed by atoms with Gasteiger partial charge in [0.2, 0.25) is 10.0 Å². The standard InChI is InChI=1S/C13H17Cl2NO3S/c14-10-5-6-11(15)13(7-10)20(18,19)16-12-4-2-1-3-9(12)8-17/h5-7,9,12,16-17H,1-4,8H2. The molecule has 0 amide bonds. The van der Waals surface area contributed by atoms with Gasteiger partial charge in [-0.05, 0) is 37.0 Å². The van der Waals surface area contributed by atoms with Crippen molar-refractivity contribution >= 4 is 33.2 Å². The second kappa shape index (κ2) is 6.62. The summed E-state index contributed by atoms with van der Waals surface area (Å²) in [6, 6.07) is 4.08. The largest absolute Gasteiger partial charge is 0.396 e. The van der Waals surface area contributed by atoms with Crippen molar-refractivity contribution in [1.29, 1.82) is 0 Å². The number of nitrogens with one attached hydrogen (secondary N) is 1. The molecule has 0 radical (unpaired) electrons. The van der Waals surface area contributed by atoms with E-state index >= 15 is 0 Å².